The first-order valence-corrected chi connectivity index (χ1v) is 34.8. The minimum atomic E-state index is -0.776. The highest BCUT2D eigenvalue weighted by atomic mass is 16.6. The van der Waals surface area contributed by atoms with Crippen LogP contribution < -0.4 is 0 Å². The Bertz CT molecular complexity index is 1240. The molecule has 0 aromatic rings. The summed E-state index contributed by atoms with van der Waals surface area (Å²) in [5.41, 5.74) is 0. The zero-order valence-corrected chi connectivity index (χ0v) is 52.3. The van der Waals surface area contributed by atoms with Crippen LogP contribution in [0, 0.1) is 0 Å². The molecule has 0 saturated heterocycles. The number of esters is 3. The van der Waals surface area contributed by atoms with Crippen molar-refractivity contribution in [2.75, 3.05) is 13.2 Å². The SMILES string of the molecule is CCCC/C=C\CCCCCCCC(=O)OCC(COC(=O)CCCCCCCCCCCCCCCCCCCCCCCCCCCCCCCCCCCC)OC(=O)CCCCCCC/C=C\CCCCCCC. The topological polar surface area (TPSA) is 78.9 Å². The number of carbonyl (C=O) groups is 3. The number of allylic oxidation sites excluding steroid dienone is 4. The Morgan fingerprint density at radius 3 is 0.688 bits per heavy atom. The summed E-state index contributed by atoms with van der Waals surface area (Å²) in [5, 5.41) is 0. The largest absolute Gasteiger partial charge is 0.462 e. The highest BCUT2D eigenvalue weighted by Gasteiger charge is 2.19. The van der Waals surface area contributed by atoms with Crippen LogP contribution in [0.15, 0.2) is 24.3 Å². The van der Waals surface area contributed by atoms with Crippen LogP contribution in [0.1, 0.15) is 393 Å². The number of hydrogen-bond acceptors (Lipinski definition) is 6. The average molecular weight is 1080 g/mol. The number of carbonyl (C=O) groups excluding carboxylic acids is 3. The number of rotatable bonds is 65. The number of unbranched alkanes of at least 4 members (excludes halogenated alkanes) is 50. The van der Waals surface area contributed by atoms with Crippen LogP contribution in [-0.4, -0.2) is 37.2 Å². The van der Waals surface area contributed by atoms with Crippen LogP contribution in [0.4, 0.5) is 0 Å². The van der Waals surface area contributed by atoms with Gasteiger partial charge >= 0.3 is 17.9 Å². The van der Waals surface area contributed by atoms with Gasteiger partial charge in [-0.25, -0.2) is 0 Å². The third kappa shape index (κ3) is 64.6. The van der Waals surface area contributed by atoms with E-state index in [0.717, 1.165) is 70.6 Å². The molecule has 77 heavy (non-hydrogen) atoms. The minimum Gasteiger partial charge on any atom is -0.462 e. The van der Waals surface area contributed by atoms with Crippen molar-refractivity contribution < 1.29 is 28.6 Å². The summed E-state index contributed by atoms with van der Waals surface area (Å²) in [6, 6.07) is 0. The van der Waals surface area contributed by atoms with Crippen molar-refractivity contribution in [3.8, 4) is 0 Å². The van der Waals surface area contributed by atoms with E-state index in [0.29, 0.717) is 19.3 Å². The molecule has 0 aliphatic rings. The van der Waals surface area contributed by atoms with Crippen molar-refractivity contribution in [2.45, 2.75) is 399 Å². The highest BCUT2D eigenvalue weighted by Crippen LogP contribution is 2.19. The van der Waals surface area contributed by atoms with E-state index in [-0.39, 0.29) is 31.1 Å². The molecule has 0 heterocycles. The molecule has 0 aromatic carbocycles. The van der Waals surface area contributed by atoms with Crippen LogP contribution >= 0.6 is 0 Å². The van der Waals surface area contributed by atoms with Gasteiger partial charge in [0.05, 0.1) is 0 Å². The van der Waals surface area contributed by atoms with Gasteiger partial charge in [0, 0.05) is 19.3 Å². The van der Waals surface area contributed by atoms with E-state index in [9.17, 15) is 14.4 Å². The Hall–Kier alpha value is -2.11. The maximum atomic E-state index is 12.9. The van der Waals surface area contributed by atoms with Crippen LogP contribution in [-0.2, 0) is 28.6 Å². The second-order valence-electron chi connectivity index (χ2n) is 23.8. The smallest absolute Gasteiger partial charge is 0.306 e. The summed E-state index contributed by atoms with van der Waals surface area (Å²) in [6.07, 6.45) is 81.0. The van der Waals surface area contributed by atoms with E-state index in [4.69, 9.17) is 14.2 Å². The summed E-state index contributed by atoms with van der Waals surface area (Å²) in [7, 11) is 0. The standard InChI is InChI=1S/C71H134O6/c1-4-7-10-13-16-19-22-24-26-27-28-29-30-31-32-33-34-35-36-37-38-39-40-41-42-43-44-45-47-49-52-55-58-61-64-70(73)76-67-68(66-75-69(72)63-60-57-54-51-48-21-18-15-12-9-6-3)77-71(74)65-62-59-56-53-50-46-25-23-20-17-14-11-8-5-2/h15,18,23,25,68H,4-14,16-17,19-22,24,26-67H2,1-3H3/b18-15-,25-23-. The monoisotopic (exact) mass is 1080 g/mol. The Balaban J connectivity index is 3.99. The first-order valence-electron chi connectivity index (χ1n) is 34.8. The van der Waals surface area contributed by atoms with Crippen LogP contribution in [0.5, 0.6) is 0 Å². The molecule has 454 valence electrons. The first kappa shape index (κ1) is 74.9. The maximum absolute atomic E-state index is 12.9. The Labute approximate surface area is 481 Å². The average Bonchev–Trinajstić information content (AvgIpc) is 3.43. The quantitative estimate of drug-likeness (QED) is 0.0261. The van der Waals surface area contributed by atoms with E-state index in [1.807, 2.05) is 0 Å². The molecule has 6 heteroatoms. The zero-order valence-electron chi connectivity index (χ0n) is 52.3. The summed E-state index contributed by atoms with van der Waals surface area (Å²) in [6.45, 7) is 6.64. The van der Waals surface area contributed by atoms with E-state index < -0.39 is 6.10 Å². The molecule has 1 unspecified atom stereocenters. The molecule has 0 rings (SSSR count). The summed E-state index contributed by atoms with van der Waals surface area (Å²) in [5.74, 6) is -0.869. The molecular weight excluding hydrogens is 949 g/mol. The van der Waals surface area contributed by atoms with E-state index in [2.05, 4.69) is 45.1 Å². The molecule has 0 fully saturated rings. The molecule has 1 atom stereocenters. The molecular formula is C71H134O6. The van der Waals surface area contributed by atoms with Gasteiger partial charge in [0.15, 0.2) is 6.10 Å². The zero-order chi connectivity index (χ0) is 55.7. The molecule has 0 amide bonds. The molecule has 0 spiro atoms. The van der Waals surface area contributed by atoms with Crippen molar-refractivity contribution >= 4 is 17.9 Å². The fourth-order valence-electron chi connectivity index (χ4n) is 10.7. The van der Waals surface area contributed by atoms with Gasteiger partial charge in [-0.1, -0.05) is 334 Å². The summed E-state index contributed by atoms with van der Waals surface area (Å²) >= 11 is 0. The van der Waals surface area contributed by atoms with Gasteiger partial charge in [-0.05, 0) is 64.2 Å². The predicted molar refractivity (Wildman–Crippen MR) is 335 cm³/mol. The van der Waals surface area contributed by atoms with Gasteiger partial charge in [-0.2, -0.15) is 0 Å². The molecule has 0 aliphatic heterocycles. The lowest BCUT2D eigenvalue weighted by Crippen LogP contribution is -2.30. The van der Waals surface area contributed by atoms with E-state index in [1.165, 1.54) is 283 Å². The second kappa shape index (κ2) is 66.4. The molecule has 0 bridgehead atoms. The third-order valence-corrected chi connectivity index (χ3v) is 15.9. The van der Waals surface area contributed by atoms with Gasteiger partial charge in [0.1, 0.15) is 13.2 Å². The summed E-state index contributed by atoms with van der Waals surface area (Å²) < 4.78 is 16.9. The van der Waals surface area contributed by atoms with Crippen molar-refractivity contribution in [3.05, 3.63) is 24.3 Å². The maximum Gasteiger partial charge on any atom is 0.306 e. The first-order chi connectivity index (χ1) is 38.0. The highest BCUT2D eigenvalue weighted by molar-refractivity contribution is 5.71. The molecule has 0 radical (unpaired) electrons. The molecule has 0 aromatic heterocycles. The number of ether oxygens (including phenoxy) is 3. The van der Waals surface area contributed by atoms with Crippen molar-refractivity contribution in [1.82, 2.24) is 0 Å². The van der Waals surface area contributed by atoms with Crippen molar-refractivity contribution in [2.24, 2.45) is 0 Å². The number of hydrogen-bond donors (Lipinski definition) is 0. The third-order valence-electron chi connectivity index (χ3n) is 15.9. The summed E-state index contributed by atoms with van der Waals surface area (Å²) in [4.78, 5) is 38.2. The molecule has 0 saturated carbocycles. The second-order valence-corrected chi connectivity index (χ2v) is 23.8. The van der Waals surface area contributed by atoms with Gasteiger partial charge < -0.3 is 14.2 Å². The lowest BCUT2D eigenvalue weighted by atomic mass is 10.0. The fourth-order valence-corrected chi connectivity index (χ4v) is 10.7. The van der Waals surface area contributed by atoms with Gasteiger partial charge in [0.25, 0.3) is 0 Å². The molecule has 0 aliphatic carbocycles. The fraction of sp³-hybridized carbons (Fsp3) is 0.901. The van der Waals surface area contributed by atoms with Crippen LogP contribution in [0.25, 0.3) is 0 Å². The lowest BCUT2D eigenvalue weighted by Gasteiger charge is -2.18. The lowest BCUT2D eigenvalue weighted by molar-refractivity contribution is -0.167. The Morgan fingerprint density at radius 1 is 0.247 bits per heavy atom. The van der Waals surface area contributed by atoms with Crippen LogP contribution in [0.2, 0.25) is 0 Å². The normalized spacial score (nSPS) is 12.1. The van der Waals surface area contributed by atoms with Gasteiger partial charge in [-0.3, -0.25) is 14.4 Å². The molecule has 0 N–H and O–H groups in total. The minimum absolute atomic E-state index is 0.0727. The van der Waals surface area contributed by atoms with E-state index >= 15 is 0 Å². The Kier molecular flexibility index (Phi) is 64.6. The predicted octanol–water partition coefficient (Wildman–Crippen LogP) is 23.8. The van der Waals surface area contributed by atoms with Gasteiger partial charge in [0.2, 0.25) is 0 Å². The van der Waals surface area contributed by atoms with Gasteiger partial charge in [-0.15, -0.1) is 0 Å². The van der Waals surface area contributed by atoms with E-state index in [1.54, 1.807) is 0 Å². The Morgan fingerprint density at radius 2 is 0.442 bits per heavy atom. The van der Waals surface area contributed by atoms with Crippen molar-refractivity contribution in [3.63, 3.8) is 0 Å². The van der Waals surface area contributed by atoms with Crippen LogP contribution in [0.3, 0.4) is 0 Å². The van der Waals surface area contributed by atoms with Crippen molar-refractivity contribution in [1.29, 1.82) is 0 Å². The molecule has 6 nitrogen and oxygen atoms in total.